The summed E-state index contributed by atoms with van der Waals surface area (Å²) in [5.41, 5.74) is 7.45. The Labute approximate surface area is 263 Å². The van der Waals surface area contributed by atoms with Crippen LogP contribution < -0.4 is 10.1 Å². The van der Waals surface area contributed by atoms with Crippen LogP contribution in [-0.2, 0) is 18.4 Å². The third-order valence-corrected chi connectivity index (χ3v) is 10.5. The van der Waals surface area contributed by atoms with Gasteiger partial charge in [-0.05, 0) is 91.0 Å². The van der Waals surface area contributed by atoms with Gasteiger partial charge >= 0.3 is 0 Å². The second kappa shape index (κ2) is 10.5. The standard InChI is InChI=1S/C37H39N5O3/c1-21-27-12-13-31(21)42(20-27)37(44)28-15-30-35(34(18-28)45-4)40(3)36(39-30)33-17-26-11-10-25(16-32(26)41(33)19-23-8-9-23)24-6-5-7-29(14-24)38-22(2)43/h5-7,10-11,14-18,21,23,27,31H,8-9,12-13,19-20H2,1-4H3,(H,38,43)/t21-,27?,31?/m1/s1. The van der Waals surface area contributed by atoms with Crippen molar-refractivity contribution in [2.24, 2.45) is 24.8 Å². The zero-order chi connectivity index (χ0) is 31.0. The third kappa shape index (κ3) is 4.69. The maximum absolute atomic E-state index is 13.8. The molecule has 8 nitrogen and oxygen atoms in total. The summed E-state index contributed by atoms with van der Waals surface area (Å²) in [7, 11) is 3.70. The third-order valence-electron chi connectivity index (χ3n) is 10.5. The molecule has 3 aromatic carbocycles. The maximum Gasteiger partial charge on any atom is 0.254 e. The van der Waals surface area contributed by atoms with Crippen LogP contribution in [0.25, 0.3) is 44.6 Å². The van der Waals surface area contributed by atoms with E-state index >= 15 is 0 Å². The van der Waals surface area contributed by atoms with Gasteiger partial charge in [0.05, 0.1) is 18.3 Å². The molecule has 0 spiro atoms. The topological polar surface area (TPSA) is 81.4 Å². The first-order valence-corrected chi connectivity index (χ1v) is 16.2. The van der Waals surface area contributed by atoms with E-state index in [4.69, 9.17) is 9.72 Å². The van der Waals surface area contributed by atoms with Crippen LogP contribution in [-0.4, -0.2) is 50.5 Å². The molecule has 1 saturated heterocycles. The summed E-state index contributed by atoms with van der Waals surface area (Å²) in [5.74, 6) is 3.35. The Morgan fingerprint density at radius 2 is 1.82 bits per heavy atom. The first-order valence-electron chi connectivity index (χ1n) is 16.2. The van der Waals surface area contributed by atoms with Crippen LogP contribution in [0.5, 0.6) is 5.75 Å². The van der Waals surface area contributed by atoms with E-state index in [0.717, 1.165) is 69.8 Å². The minimum atomic E-state index is -0.0845. The molecule has 230 valence electrons. The van der Waals surface area contributed by atoms with Crippen molar-refractivity contribution in [3.05, 3.63) is 66.2 Å². The van der Waals surface area contributed by atoms with Crippen molar-refractivity contribution >= 4 is 39.4 Å². The van der Waals surface area contributed by atoms with E-state index in [2.05, 4.69) is 56.6 Å². The number of rotatable bonds is 7. The van der Waals surface area contributed by atoms with Gasteiger partial charge in [0.1, 0.15) is 11.3 Å². The summed E-state index contributed by atoms with van der Waals surface area (Å²) in [6.45, 7) is 5.59. The van der Waals surface area contributed by atoms with E-state index in [1.165, 1.54) is 26.2 Å². The molecule has 3 heterocycles. The van der Waals surface area contributed by atoms with Crippen LogP contribution in [0, 0.1) is 17.8 Å². The highest BCUT2D eigenvalue weighted by Crippen LogP contribution is 2.44. The highest BCUT2D eigenvalue weighted by Gasteiger charge is 2.46. The van der Waals surface area contributed by atoms with E-state index in [9.17, 15) is 9.59 Å². The summed E-state index contributed by atoms with van der Waals surface area (Å²) < 4.78 is 10.4. The summed E-state index contributed by atoms with van der Waals surface area (Å²) >= 11 is 0. The second-order valence-corrected chi connectivity index (χ2v) is 13.4. The molecule has 5 aromatic rings. The number of amides is 2. The Morgan fingerprint density at radius 3 is 2.53 bits per heavy atom. The number of piperidine rings is 1. The number of aryl methyl sites for hydroxylation is 1. The van der Waals surface area contributed by atoms with E-state index in [1.807, 2.05) is 37.4 Å². The molecule has 2 saturated carbocycles. The fraction of sp³-hybridized carbons (Fsp3) is 0.378. The van der Waals surface area contributed by atoms with Crippen LogP contribution in [0.1, 0.15) is 49.9 Å². The van der Waals surface area contributed by atoms with E-state index in [0.29, 0.717) is 35.1 Å². The predicted molar refractivity (Wildman–Crippen MR) is 177 cm³/mol. The number of ether oxygens (including phenoxy) is 1. The Kier molecular flexibility index (Phi) is 6.52. The number of benzene rings is 3. The molecule has 3 fully saturated rings. The van der Waals surface area contributed by atoms with E-state index < -0.39 is 0 Å². The van der Waals surface area contributed by atoms with Gasteiger partial charge in [0, 0.05) is 55.3 Å². The number of imidazole rings is 1. The number of nitrogens with one attached hydrogen (secondary N) is 1. The number of hydrogen-bond donors (Lipinski definition) is 1. The molecule has 8 heteroatoms. The van der Waals surface area contributed by atoms with E-state index in [-0.39, 0.29) is 11.8 Å². The van der Waals surface area contributed by atoms with Crippen LogP contribution in [0.15, 0.2) is 60.7 Å². The average molecular weight is 602 g/mol. The Hall–Kier alpha value is -4.59. The van der Waals surface area contributed by atoms with Crippen LogP contribution in [0.3, 0.4) is 0 Å². The van der Waals surface area contributed by atoms with Gasteiger partial charge in [0.2, 0.25) is 5.91 Å². The minimum Gasteiger partial charge on any atom is -0.494 e. The Bertz CT molecular complexity index is 2000. The summed E-state index contributed by atoms with van der Waals surface area (Å²) in [4.78, 5) is 32.7. The van der Waals surface area contributed by atoms with Crippen LogP contribution >= 0.6 is 0 Å². The lowest BCUT2D eigenvalue weighted by molar-refractivity contribution is -0.114. The summed E-state index contributed by atoms with van der Waals surface area (Å²) in [6, 6.07) is 21.0. The average Bonchev–Trinajstić information content (AvgIpc) is 3.44. The molecule has 2 amide bonds. The normalized spacial score (nSPS) is 20.8. The number of carbonyl (C=O) groups is 2. The van der Waals surface area contributed by atoms with Gasteiger partial charge in [0.25, 0.3) is 5.91 Å². The maximum atomic E-state index is 13.8. The first kappa shape index (κ1) is 27.9. The van der Waals surface area contributed by atoms with Crippen molar-refractivity contribution in [3.8, 4) is 28.4 Å². The largest absolute Gasteiger partial charge is 0.494 e. The number of hydrogen-bond acceptors (Lipinski definition) is 4. The minimum absolute atomic E-state index is 0.0828. The molecule has 0 radical (unpaired) electrons. The zero-order valence-electron chi connectivity index (χ0n) is 26.3. The van der Waals surface area contributed by atoms with Crippen molar-refractivity contribution in [1.29, 1.82) is 0 Å². The Balaban J connectivity index is 1.22. The van der Waals surface area contributed by atoms with Gasteiger partial charge < -0.3 is 24.1 Å². The van der Waals surface area contributed by atoms with Crippen LogP contribution in [0.2, 0.25) is 0 Å². The number of anilines is 1. The fourth-order valence-electron chi connectivity index (χ4n) is 7.88. The molecule has 2 bridgehead atoms. The quantitative estimate of drug-likeness (QED) is 0.216. The van der Waals surface area contributed by atoms with Gasteiger partial charge in [-0.25, -0.2) is 4.98 Å². The zero-order valence-corrected chi connectivity index (χ0v) is 26.3. The Morgan fingerprint density at radius 1 is 1.00 bits per heavy atom. The summed E-state index contributed by atoms with van der Waals surface area (Å²) in [6.07, 6.45) is 4.78. The lowest BCUT2D eigenvalue weighted by atomic mass is 10.0. The molecule has 1 aliphatic heterocycles. The van der Waals surface area contributed by atoms with Crippen molar-refractivity contribution in [1.82, 2.24) is 19.0 Å². The molecular weight excluding hydrogens is 562 g/mol. The lowest BCUT2D eigenvalue weighted by Gasteiger charge is -2.27. The van der Waals surface area contributed by atoms with Gasteiger partial charge in [-0.3, -0.25) is 9.59 Å². The van der Waals surface area contributed by atoms with Crippen molar-refractivity contribution < 1.29 is 14.3 Å². The van der Waals surface area contributed by atoms with Crippen molar-refractivity contribution in [3.63, 3.8) is 0 Å². The molecule has 2 aromatic heterocycles. The molecule has 3 atom stereocenters. The number of carbonyl (C=O) groups excluding carboxylic acids is 2. The molecule has 3 aliphatic rings. The molecule has 2 unspecified atom stereocenters. The van der Waals surface area contributed by atoms with Gasteiger partial charge in [-0.1, -0.05) is 31.2 Å². The van der Waals surface area contributed by atoms with Crippen molar-refractivity contribution in [2.45, 2.75) is 52.1 Å². The van der Waals surface area contributed by atoms with E-state index in [1.54, 1.807) is 7.11 Å². The lowest BCUT2D eigenvalue weighted by Crippen LogP contribution is -2.38. The fourth-order valence-corrected chi connectivity index (χ4v) is 7.88. The molecule has 8 rings (SSSR count). The molecule has 2 aliphatic carbocycles. The van der Waals surface area contributed by atoms with Crippen LogP contribution in [0.4, 0.5) is 5.69 Å². The summed E-state index contributed by atoms with van der Waals surface area (Å²) in [5, 5.41) is 4.05. The van der Waals surface area contributed by atoms with Crippen molar-refractivity contribution in [2.75, 3.05) is 19.0 Å². The number of likely N-dealkylation sites (tertiary alicyclic amines) is 1. The monoisotopic (exact) mass is 601 g/mol. The molecule has 45 heavy (non-hydrogen) atoms. The molecule has 1 N–H and O–H groups in total. The number of aromatic nitrogens is 3. The van der Waals surface area contributed by atoms with Gasteiger partial charge in [-0.2, -0.15) is 0 Å². The van der Waals surface area contributed by atoms with Gasteiger partial charge in [0.15, 0.2) is 5.82 Å². The number of nitrogens with zero attached hydrogens (tertiary/aromatic N) is 4. The highest BCUT2D eigenvalue weighted by atomic mass is 16.5. The molecular formula is C37H39N5O3. The first-order chi connectivity index (χ1) is 21.8. The highest BCUT2D eigenvalue weighted by molar-refractivity contribution is 6.01. The number of methoxy groups -OCH3 is 1. The van der Waals surface area contributed by atoms with Gasteiger partial charge in [-0.15, -0.1) is 0 Å². The SMILES string of the molecule is COc1cc(C(=O)N2CC3CCC2[C@@H]3C)cc2nc(-c3cc4ccc(-c5cccc(NC(C)=O)c5)cc4n3CC3CC3)n(C)c12. The number of fused-ring (bicyclic) bond motifs is 4. The predicted octanol–water partition coefficient (Wildman–Crippen LogP) is 7.11. The second-order valence-electron chi connectivity index (χ2n) is 13.4. The smallest absolute Gasteiger partial charge is 0.254 e.